The zero-order valence-corrected chi connectivity index (χ0v) is 13.2. The fourth-order valence-electron chi connectivity index (χ4n) is 2.30. The van der Waals surface area contributed by atoms with E-state index in [4.69, 9.17) is 0 Å². The lowest BCUT2D eigenvalue weighted by Crippen LogP contribution is -2.31. The average Bonchev–Trinajstić information content (AvgIpc) is 2.82. The van der Waals surface area contributed by atoms with Gasteiger partial charge in [0.05, 0.1) is 5.75 Å². The largest absolute Gasteiger partial charge is 0.261 e. The number of alkyl halides is 1. The van der Waals surface area contributed by atoms with Crippen molar-refractivity contribution in [3.05, 3.63) is 30.1 Å². The van der Waals surface area contributed by atoms with Crippen LogP contribution in [-0.2, 0) is 16.4 Å². The number of pyridine rings is 1. The number of aryl methyl sites for hydroxylation is 1. The monoisotopic (exact) mass is 346 g/mol. The molecule has 0 saturated heterocycles. The van der Waals surface area contributed by atoms with Crippen LogP contribution in [0.4, 0.5) is 0 Å². The van der Waals surface area contributed by atoms with Crippen LogP contribution in [0.25, 0.3) is 0 Å². The fourth-order valence-corrected chi connectivity index (χ4v) is 4.21. The lowest BCUT2D eigenvalue weighted by Gasteiger charge is -2.11. The number of hydrogen-bond donors (Lipinski definition) is 1. The third kappa shape index (κ3) is 5.20. The van der Waals surface area contributed by atoms with Gasteiger partial charge in [0.2, 0.25) is 10.0 Å². The van der Waals surface area contributed by atoms with Crippen LogP contribution in [0, 0.1) is 5.92 Å². The van der Waals surface area contributed by atoms with Gasteiger partial charge in [-0.05, 0) is 37.3 Å². The van der Waals surface area contributed by atoms with E-state index in [9.17, 15) is 8.42 Å². The molecule has 2 atom stereocenters. The maximum Gasteiger partial charge on any atom is 0.211 e. The van der Waals surface area contributed by atoms with E-state index < -0.39 is 10.0 Å². The molecule has 2 rings (SSSR count). The molecule has 1 fully saturated rings. The quantitative estimate of drug-likeness (QED) is 0.802. The van der Waals surface area contributed by atoms with Crippen LogP contribution in [0.1, 0.15) is 25.0 Å². The summed E-state index contributed by atoms with van der Waals surface area (Å²) in [5, 5.41) is 0. The zero-order chi connectivity index (χ0) is 13.7. The van der Waals surface area contributed by atoms with Crippen molar-refractivity contribution in [1.29, 1.82) is 0 Å². The van der Waals surface area contributed by atoms with Gasteiger partial charge in [0.1, 0.15) is 0 Å². The molecule has 1 aromatic heterocycles. The van der Waals surface area contributed by atoms with Gasteiger partial charge in [-0.1, -0.05) is 22.0 Å². The van der Waals surface area contributed by atoms with Gasteiger partial charge in [0.15, 0.2) is 0 Å². The van der Waals surface area contributed by atoms with Crippen LogP contribution in [0.2, 0.25) is 0 Å². The predicted octanol–water partition coefficient (Wildman–Crippen LogP) is 2.11. The molecule has 1 N–H and O–H groups in total. The van der Waals surface area contributed by atoms with E-state index in [1.165, 1.54) is 0 Å². The summed E-state index contributed by atoms with van der Waals surface area (Å²) >= 11 is 3.57. The number of rotatable bonds is 6. The summed E-state index contributed by atoms with van der Waals surface area (Å²) < 4.78 is 26.5. The molecule has 0 aliphatic heterocycles. The molecule has 0 spiro atoms. The van der Waals surface area contributed by atoms with E-state index in [0.717, 1.165) is 25.0 Å². The first kappa shape index (κ1) is 14.9. The summed E-state index contributed by atoms with van der Waals surface area (Å²) in [6.07, 6.45) is 5.44. The topological polar surface area (TPSA) is 59.1 Å². The molecular weight excluding hydrogens is 328 g/mol. The van der Waals surface area contributed by atoms with Crippen LogP contribution < -0.4 is 4.72 Å². The van der Waals surface area contributed by atoms with Gasteiger partial charge < -0.3 is 0 Å². The Bertz CT molecular complexity index is 493. The molecule has 1 aliphatic rings. The van der Waals surface area contributed by atoms with Crippen LogP contribution in [0.15, 0.2) is 24.4 Å². The van der Waals surface area contributed by atoms with E-state index in [2.05, 4.69) is 25.6 Å². The first-order valence-electron chi connectivity index (χ1n) is 6.56. The van der Waals surface area contributed by atoms with Crippen LogP contribution in [-0.4, -0.2) is 30.5 Å². The second kappa shape index (κ2) is 6.81. The van der Waals surface area contributed by atoms with Crippen molar-refractivity contribution < 1.29 is 8.42 Å². The van der Waals surface area contributed by atoms with Gasteiger partial charge in [0, 0.05) is 29.7 Å². The summed E-state index contributed by atoms with van der Waals surface area (Å²) in [5.41, 5.74) is 0.814. The van der Waals surface area contributed by atoms with Gasteiger partial charge in [-0.25, -0.2) is 13.1 Å². The second-order valence-electron chi connectivity index (χ2n) is 5.01. The Hall–Kier alpha value is -0.460. The molecule has 1 heterocycles. The van der Waals surface area contributed by atoms with Crippen molar-refractivity contribution in [3.8, 4) is 0 Å². The maximum absolute atomic E-state index is 11.9. The van der Waals surface area contributed by atoms with Crippen molar-refractivity contribution in [2.45, 2.75) is 30.5 Å². The Kier molecular flexibility index (Phi) is 5.36. The minimum absolute atomic E-state index is 0.106. The SMILES string of the molecule is O=S(=O)(CCc1ccccn1)NCC1CCC(Br)C1. The highest BCUT2D eigenvalue weighted by atomic mass is 79.9. The highest BCUT2D eigenvalue weighted by molar-refractivity contribution is 9.09. The molecule has 1 aromatic rings. The summed E-state index contributed by atoms with van der Waals surface area (Å²) in [6.45, 7) is 0.562. The number of halogens is 1. The van der Waals surface area contributed by atoms with Gasteiger partial charge >= 0.3 is 0 Å². The molecule has 4 nitrogen and oxygen atoms in total. The van der Waals surface area contributed by atoms with Crippen LogP contribution in [0.5, 0.6) is 0 Å². The molecule has 0 bridgehead atoms. The van der Waals surface area contributed by atoms with Crippen LogP contribution >= 0.6 is 15.9 Å². The predicted molar refractivity (Wildman–Crippen MR) is 79.8 cm³/mol. The number of nitrogens with one attached hydrogen (secondary N) is 1. The number of sulfonamides is 1. The van der Waals surface area contributed by atoms with Crippen molar-refractivity contribution in [2.24, 2.45) is 5.92 Å². The molecule has 6 heteroatoms. The van der Waals surface area contributed by atoms with Crippen molar-refractivity contribution in [2.75, 3.05) is 12.3 Å². The first-order chi connectivity index (χ1) is 9.05. The molecule has 19 heavy (non-hydrogen) atoms. The minimum atomic E-state index is -3.19. The van der Waals surface area contributed by atoms with E-state index >= 15 is 0 Å². The minimum Gasteiger partial charge on any atom is -0.261 e. The fraction of sp³-hybridized carbons (Fsp3) is 0.615. The van der Waals surface area contributed by atoms with E-state index in [-0.39, 0.29) is 5.75 Å². The van der Waals surface area contributed by atoms with E-state index in [1.807, 2.05) is 18.2 Å². The molecule has 1 aliphatic carbocycles. The summed E-state index contributed by atoms with van der Waals surface area (Å²) in [4.78, 5) is 4.68. The summed E-state index contributed by atoms with van der Waals surface area (Å²) in [5.74, 6) is 0.572. The molecule has 0 radical (unpaired) electrons. The Balaban J connectivity index is 1.76. The second-order valence-corrected chi connectivity index (χ2v) is 8.24. The Morgan fingerprint density at radius 2 is 2.21 bits per heavy atom. The Morgan fingerprint density at radius 1 is 1.37 bits per heavy atom. The molecule has 106 valence electrons. The lowest BCUT2D eigenvalue weighted by molar-refractivity contribution is 0.520. The third-order valence-electron chi connectivity index (χ3n) is 3.42. The smallest absolute Gasteiger partial charge is 0.211 e. The number of hydrogen-bond acceptors (Lipinski definition) is 3. The molecule has 0 aromatic carbocycles. The highest BCUT2D eigenvalue weighted by Crippen LogP contribution is 2.30. The zero-order valence-electron chi connectivity index (χ0n) is 10.8. The number of nitrogens with zero attached hydrogens (tertiary/aromatic N) is 1. The molecule has 0 amide bonds. The van der Waals surface area contributed by atoms with Gasteiger partial charge in [-0.2, -0.15) is 0 Å². The first-order valence-corrected chi connectivity index (χ1v) is 9.13. The molecule has 2 unspecified atom stereocenters. The van der Waals surface area contributed by atoms with Crippen molar-refractivity contribution in [1.82, 2.24) is 9.71 Å². The highest BCUT2D eigenvalue weighted by Gasteiger charge is 2.23. The summed E-state index contributed by atoms with van der Waals surface area (Å²) in [6, 6.07) is 5.55. The number of aromatic nitrogens is 1. The van der Waals surface area contributed by atoms with Crippen molar-refractivity contribution >= 4 is 26.0 Å². The van der Waals surface area contributed by atoms with Gasteiger partial charge in [-0.15, -0.1) is 0 Å². The van der Waals surface area contributed by atoms with Gasteiger partial charge in [-0.3, -0.25) is 4.98 Å². The maximum atomic E-state index is 11.9. The molecular formula is C13H19BrN2O2S. The standard InChI is InChI=1S/C13H19BrN2O2S/c14-12-5-4-11(9-12)10-16-19(17,18)8-6-13-3-1-2-7-15-13/h1-3,7,11-12,16H,4-6,8-10H2. The van der Waals surface area contributed by atoms with E-state index in [1.54, 1.807) is 6.20 Å². The Labute approximate surface area is 123 Å². The lowest BCUT2D eigenvalue weighted by atomic mass is 10.1. The summed E-state index contributed by atoms with van der Waals surface area (Å²) in [7, 11) is -3.19. The molecule has 1 saturated carbocycles. The van der Waals surface area contributed by atoms with Crippen LogP contribution in [0.3, 0.4) is 0 Å². The van der Waals surface area contributed by atoms with E-state index in [0.29, 0.717) is 23.7 Å². The van der Waals surface area contributed by atoms with Crippen molar-refractivity contribution in [3.63, 3.8) is 0 Å². The third-order valence-corrected chi connectivity index (χ3v) is 5.60. The van der Waals surface area contributed by atoms with Gasteiger partial charge in [0.25, 0.3) is 0 Å². The average molecular weight is 347 g/mol. The Morgan fingerprint density at radius 3 is 2.84 bits per heavy atom. The normalized spacial score (nSPS) is 23.6.